The maximum atomic E-state index is 11.9. The zero-order chi connectivity index (χ0) is 19.9. The molecular formula is C19H30N2O7. The zero-order valence-corrected chi connectivity index (χ0v) is 16.0. The number of H-pyrrole nitrogens is 1. The van der Waals surface area contributed by atoms with Gasteiger partial charge < -0.3 is 14.9 Å². The van der Waals surface area contributed by atoms with Crippen LogP contribution < -0.4 is 11.2 Å². The van der Waals surface area contributed by atoms with Crippen molar-refractivity contribution in [2.75, 3.05) is 6.61 Å². The Bertz CT molecular complexity index is 709. The van der Waals surface area contributed by atoms with Crippen LogP contribution in [0.4, 0.5) is 0 Å². The molecule has 0 radical (unpaired) electrons. The third kappa shape index (κ3) is 5.51. The first-order valence-electron chi connectivity index (χ1n) is 10.2. The van der Waals surface area contributed by atoms with Crippen molar-refractivity contribution in [3.05, 3.63) is 33.1 Å². The van der Waals surface area contributed by atoms with E-state index in [-0.39, 0.29) is 12.7 Å². The number of ether oxygens (including phenoxy) is 1. The molecule has 2 aliphatic rings. The highest BCUT2D eigenvalue weighted by Gasteiger charge is 2.44. The summed E-state index contributed by atoms with van der Waals surface area (Å²) in [4.78, 5) is 36.1. The Morgan fingerprint density at radius 3 is 2.32 bits per heavy atom. The summed E-state index contributed by atoms with van der Waals surface area (Å²) in [6.45, 7) is -0.0661. The van der Waals surface area contributed by atoms with Crippen LogP contribution in [0.3, 0.4) is 0 Å². The van der Waals surface area contributed by atoms with Crippen LogP contribution in [0.15, 0.2) is 21.9 Å². The van der Waals surface area contributed by atoms with Crippen LogP contribution in [0, 0.1) is 0 Å². The molecule has 0 aromatic carbocycles. The van der Waals surface area contributed by atoms with Crippen molar-refractivity contribution in [3.8, 4) is 0 Å². The summed E-state index contributed by atoms with van der Waals surface area (Å²) >= 11 is 0. The number of nitrogens with zero attached hydrogens (tertiary/aromatic N) is 1. The van der Waals surface area contributed by atoms with Gasteiger partial charge in [-0.15, -0.1) is 0 Å². The molecule has 4 atom stereocenters. The molecule has 1 saturated heterocycles. The van der Waals surface area contributed by atoms with Crippen LogP contribution in [0.5, 0.6) is 0 Å². The van der Waals surface area contributed by atoms with Gasteiger partial charge in [-0.3, -0.25) is 14.3 Å². The fraction of sp³-hybridized carbons (Fsp3) is 0.789. The summed E-state index contributed by atoms with van der Waals surface area (Å²) in [5.41, 5.74) is -1.27. The van der Waals surface area contributed by atoms with E-state index in [1.165, 1.54) is 38.3 Å². The fourth-order valence-corrected chi connectivity index (χ4v) is 3.80. The molecule has 28 heavy (non-hydrogen) atoms. The molecule has 0 amide bonds. The zero-order valence-electron chi connectivity index (χ0n) is 16.0. The highest BCUT2D eigenvalue weighted by atomic mass is 17.2. The lowest BCUT2D eigenvalue weighted by Crippen LogP contribution is -2.37. The fourth-order valence-electron chi connectivity index (χ4n) is 3.80. The van der Waals surface area contributed by atoms with Crippen molar-refractivity contribution in [3.63, 3.8) is 0 Å². The predicted molar refractivity (Wildman–Crippen MR) is 99.6 cm³/mol. The first kappa shape index (κ1) is 21.2. The van der Waals surface area contributed by atoms with Gasteiger partial charge in [0, 0.05) is 12.3 Å². The Morgan fingerprint density at radius 1 is 1.04 bits per heavy atom. The molecule has 0 spiro atoms. The molecule has 2 heterocycles. The molecule has 2 fully saturated rings. The molecule has 1 aliphatic heterocycles. The Labute approximate surface area is 163 Å². The van der Waals surface area contributed by atoms with Crippen LogP contribution in [0.2, 0.25) is 0 Å². The van der Waals surface area contributed by atoms with Gasteiger partial charge in [0.15, 0.2) is 6.23 Å². The number of nitrogens with one attached hydrogen (secondary N) is 1. The number of aliphatic hydroxyl groups excluding tert-OH is 2. The normalized spacial score (nSPS) is 30.4. The number of rotatable bonds is 5. The van der Waals surface area contributed by atoms with E-state index in [9.17, 15) is 19.8 Å². The molecule has 3 N–H and O–H groups in total. The second-order valence-electron chi connectivity index (χ2n) is 7.62. The number of hydrogen-bond acceptors (Lipinski definition) is 7. The van der Waals surface area contributed by atoms with E-state index in [4.69, 9.17) is 14.5 Å². The Hall–Kier alpha value is -1.52. The van der Waals surface area contributed by atoms with Gasteiger partial charge in [-0.1, -0.05) is 44.9 Å². The SMILES string of the molecule is O=c1ccn([C@@H]2O[C@H](COOC3CCCCCCCCC3)[C@@H](O)[C@H]2O)c(=O)[nH]1. The van der Waals surface area contributed by atoms with Gasteiger partial charge in [0.25, 0.3) is 5.56 Å². The Balaban J connectivity index is 1.51. The van der Waals surface area contributed by atoms with Gasteiger partial charge >= 0.3 is 5.69 Å². The van der Waals surface area contributed by atoms with Crippen LogP contribution in [0.25, 0.3) is 0 Å². The van der Waals surface area contributed by atoms with Crippen LogP contribution >= 0.6 is 0 Å². The maximum Gasteiger partial charge on any atom is 0.330 e. The highest BCUT2D eigenvalue weighted by molar-refractivity contribution is 4.93. The molecule has 1 aromatic rings. The van der Waals surface area contributed by atoms with Gasteiger partial charge in [0.05, 0.1) is 6.10 Å². The lowest BCUT2D eigenvalue weighted by atomic mass is 9.99. The van der Waals surface area contributed by atoms with Crippen LogP contribution in [0.1, 0.15) is 64.0 Å². The molecular weight excluding hydrogens is 368 g/mol. The maximum absolute atomic E-state index is 11.9. The smallest absolute Gasteiger partial charge is 0.330 e. The molecule has 1 aliphatic carbocycles. The number of aromatic amines is 1. The van der Waals surface area contributed by atoms with Gasteiger partial charge in [-0.2, -0.15) is 0 Å². The third-order valence-electron chi connectivity index (χ3n) is 5.45. The number of aliphatic hydroxyl groups is 2. The second kappa shape index (κ2) is 10.3. The minimum absolute atomic E-state index is 0.0131. The van der Waals surface area contributed by atoms with Crippen molar-refractivity contribution in [2.24, 2.45) is 0 Å². The third-order valence-corrected chi connectivity index (χ3v) is 5.45. The van der Waals surface area contributed by atoms with Gasteiger partial charge in [-0.25, -0.2) is 14.6 Å². The van der Waals surface area contributed by atoms with Crippen molar-refractivity contribution in [1.82, 2.24) is 9.55 Å². The lowest BCUT2D eigenvalue weighted by molar-refractivity contribution is -0.339. The summed E-state index contributed by atoms with van der Waals surface area (Å²) in [6.07, 6.45) is 7.03. The molecule has 9 nitrogen and oxygen atoms in total. The summed E-state index contributed by atoms with van der Waals surface area (Å²) < 4.78 is 6.64. The summed E-state index contributed by atoms with van der Waals surface area (Å²) in [5, 5.41) is 20.5. The summed E-state index contributed by atoms with van der Waals surface area (Å²) in [7, 11) is 0. The number of hydrogen-bond donors (Lipinski definition) is 3. The van der Waals surface area contributed by atoms with Crippen molar-refractivity contribution < 1.29 is 24.7 Å². The molecule has 9 heteroatoms. The minimum atomic E-state index is -1.33. The first-order valence-corrected chi connectivity index (χ1v) is 10.2. The average molecular weight is 398 g/mol. The van der Waals surface area contributed by atoms with Crippen LogP contribution in [-0.4, -0.2) is 50.8 Å². The topological polar surface area (TPSA) is 123 Å². The van der Waals surface area contributed by atoms with E-state index in [1.54, 1.807) is 0 Å². The highest BCUT2D eigenvalue weighted by Crippen LogP contribution is 2.28. The first-order chi connectivity index (χ1) is 13.6. The van der Waals surface area contributed by atoms with Crippen LogP contribution in [-0.2, 0) is 14.5 Å². The molecule has 1 saturated carbocycles. The van der Waals surface area contributed by atoms with Crippen molar-refractivity contribution >= 4 is 0 Å². The quantitative estimate of drug-likeness (QED) is 0.499. The largest absolute Gasteiger partial charge is 0.387 e. The molecule has 3 rings (SSSR count). The summed E-state index contributed by atoms with van der Waals surface area (Å²) in [5.74, 6) is 0. The monoisotopic (exact) mass is 398 g/mol. The van der Waals surface area contributed by atoms with Gasteiger partial charge in [-0.05, 0) is 12.8 Å². The predicted octanol–water partition coefficient (Wildman–Crippen LogP) is 0.997. The lowest BCUT2D eigenvalue weighted by Gasteiger charge is -2.20. The van der Waals surface area contributed by atoms with E-state index in [1.807, 2.05) is 0 Å². The van der Waals surface area contributed by atoms with Crippen molar-refractivity contribution in [1.29, 1.82) is 0 Å². The van der Waals surface area contributed by atoms with E-state index >= 15 is 0 Å². The Kier molecular flexibility index (Phi) is 7.81. The number of aromatic nitrogens is 2. The standard InChI is InChI=1S/C19H30N2O7/c22-15-10-11-21(19(25)20-15)18-17(24)16(23)14(27-18)12-26-28-13-8-6-4-2-1-3-5-7-9-13/h10-11,13-14,16-18,23-24H,1-9,12H2,(H,20,22,25)/t14-,16-,17-,18-/m1/s1. The second-order valence-corrected chi connectivity index (χ2v) is 7.62. The average Bonchev–Trinajstić information content (AvgIpc) is 2.95. The van der Waals surface area contributed by atoms with E-state index in [0.29, 0.717) is 0 Å². The van der Waals surface area contributed by atoms with E-state index in [2.05, 4.69) is 4.98 Å². The van der Waals surface area contributed by atoms with E-state index < -0.39 is 35.8 Å². The van der Waals surface area contributed by atoms with Gasteiger partial charge in [0.2, 0.25) is 0 Å². The minimum Gasteiger partial charge on any atom is -0.387 e. The van der Waals surface area contributed by atoms with Gasteiger partial charge in [0.1, 0.15) is 24.9 Å². The molecule has 1 aromatic heterocycles. The van der Waals surface area contributed by atoms with Crippen molar-refractivity contribution in [2.45, 2.75) is 88.4 Å². The van der Waals surface area contributed by atoms with E-state index in [0.717, 1.165) is 36.3 Å². The molecule has 0 unspecified atom stereocenters. The summed E-state index contributed by atoms with van der Waals surface area (Å²) in [6, 6.07) is 1.15. The molecule has 0 bridgehead atoms. The molecule has 158 valence electrons. The Morgan fingerprint density at radius 2 is 1.68 bits per heavy atom.